The fourth-order valence-corrected chi connectivity index (χ4v) is 2.82. The number of hydrogen-bond donors (Lipinski definition) is 1. The summed E-state index contributed by atoms with van der Waals surface area (Å²) in [5.74, 6) is 0.285. The van der Waals surface area contributed by atoms with Crippen molar-refractivity contribution in [1.82, 2.24) is 0 Å². The molecule has 0 bridgehead atoms. The summed E-state index contributed by atoms with van der Waals surface area (Å²) < 4.78 is 19.8. The summed E-state index contributed by atoms with van der Waals surface area (Å²) in [6, 6.07) is 9.59. The van der Waals surface area contributed by atoms with Crippen LogP contribution < -0.4 is 4.74 Å². The van der Waals surface area contributed by atoms with Crippen LogP contribution >= 0.6 is 31.9 Å². The van der Waals surface area contributed by atoms with Crippen molar-refractivity contribution in [2.45, 2.75) is 6.10 Å². The van der Waals surface area contributed by atoms with Gasteiger partial charge in [0, 0.05) is 4.47 Å². The van der Waals surface area contributed by atoms with E-state index in [1.54, 1.807) is 31.4 Å². The van der Waals surface area contributed by atoms with E-state index < -0.39 is 11.9 Å². The summed E-state index contributed by atoms with van der Waals surface area (Å²) in [6.45, 7) is 0. The van der Waals surface area contributed by atoms with Crippen LogP contribution in [0.5, 0.6) is 5.75 Å². The maximum atomic E-state index is 13.3. The second-order valence-electron chi connectivity index (χ2n) is 4.00. The SMILES string of the molecule is COc1ccc(C(O)c2cc(F)cc(Br)c2)cc1Br. The van der Waals surface area contributed by atoms with Crippen LogP contribution in [0.3, 0.4) is 0 Å². The summed E-state index contributed by atoms with van der Waals surface area (Å²) >= 11 is 6.57. The summed E-state index contributed by atoms with van der Waals surface area (Å²) in [5, 5.41) is 10.3. The predicted molar refractivity (Wildman–Crippen MR) is 78.9 cm³/mol. The molecular weight excluding hydrogens is 379 g/mol. The first-order chi connectivity index (χ1) is 9.01. The third-order valence-corrected chi connectivity index (χ3v) is 3.77. The van der Waals surface area contributed by atoms with Gasteiger partial charge in [-0.15, -0.1) is 0 Å². The molecule has 1 unspecified atom stereocenters. The minimum Gasteiger partial charge on any atom is -0.496 e. The second kappa shape index (κ2) is 6.03. The van der Waals surface area contributed by atoms with Crippen molar-refractivity contribution in [2.75, 3.05) is 7.11 Å². The smallest absolute Gasteiger partial charge is 0.133 e. The van der Waals surface area contributed by atoms with Gasteiger partial charge in [0.05, 0.1) is 11.6 Å². The van der Waals surface area contributed by atoms with Gasteiger partial charge in [0.1, 0.15) is 17.7 Å². The highest BCUT2D eigenvalue weighted by Crippen LogP contribution is 2.31. The molecule has 0 spiro atoms. The second-order valence-corrected chi connectivity index (χ2v) is 5.77. The summed E-state index contributed by atoms with van der Waals surface area (Å²) in [4.78, 5) is 0. The molecule has 1 N–H and O–H groups in total. The number of rotatable bonds is 3. The van der Waals surface area contributed by atoms with Crippen LogP contribution in [-0.2, 0) is 0 Å². The Bertz CT molecular complexity index is 582. The van der Waals surface area contributed by atoms with E-state index >= 15 is 0 Å². The highest BCUT2D eigenvalue weighted by atomic mass is 79.9. The van der Waals surface area contributed by atoms with Crippen molar-refractivity contribution < 1.29 is 14.2 Å². The Balaban J connectivity index is 2.38. The maximum Gasteiger partial charge on any atom is 0.133 e. The quantitative estimate of drug-likeness (QED) is 0.840. The molecule has 0 aliphatic heterocycles. The zero-order valence-corrected chi connectivity index (χ0v) is 13.2. The van der Waals surface area contributed by atoms with Crippen molar-refractivity contribution in [3.63, 3.8) is 0 Å². The normalized spacial score (nSPS) is 12.3. The van der Waals surface area contributed by atoms with E-state index in [9.17, 15) is 9.50 Å². The number of aliphatic hydroxyl groups is 1. The lowest BCUT2D eigenvalue weighted by Crippen LogP contribution is -2.01. The third kappa shape index (κ3) is 3.35. The first kappa shape index (κ1) is 14.5. The van der Waals surface area contributed by atoms with E-state index in [1.807, 2.05) is 0 Å². The number of ether oxygens (including phenoxy) is 1. The first-order valence-corrected chi connectivity index (χ1v) is 7.07. The molecule has 2 rings (SSSR count). The van der Waals surface area contributed by atoms with Crippen LogP contribution in [0.25, 0.3) is 0 Å². The fourth-order valence-electron chi connectivity index (χ4n) is 1.78. The van der Waals surface area contributed by atoms with E-state index in [4.69, 9.17) is 4.74 Å². The largest absolute Gasteiger partial charge is 0.496 e. The lowest BCUT2D eigenvalue weighted by Gasteiger charge is -2.13. The molecule has 0 heterocycles. The molecular formula is C14H11Br2FO2. The number of aliphatic hydroxyl groups excluding tert-OH is 1. The lowest BCUT2D eigenvalue weighted by atomic mass is 10.0. The Morgan fingerprint density at radius 3 is 2.42 bits per heavy atom. The average Bonchev–Trinajstić information content (AvgIpc) is 2.36. The molecule has 1 atom stereocenters. The fraction of sp³-hybridized carbons (Fsp3) is 0.143. The van der Waals surface area contributed by atoms with Gasteiger partial charge in [-0.25, -0.2) is 4.39 Å². The molecule has 0 fully saturated rings. The number of benzene rings is 2. The van der Waals surface area contributed by atoms with E-state index in [2.05, 4.69) is 31.9 Å². The van der Waals surface area contributed by atoms with Crippen molar-refractivity contribution in [3.8, 4) is 5.75 Å². The van der Waals surface area contributed by atoms with Gasteiger partial charge in [-0.1, -0.05) is 22.0 Å². The number of halogens is 3. The summed E-state index contributed by atoms with van der Waals surface area (Å²) in [5.41, 5.74) is 1.15. The van der Waals surface area contributed by atoms with Crippen molar-refractivity contribution in [1.29, 1.82) is 0 Å². The molecule has 0 saturated heterocycles. The zero-order chi connectivity index (χ0) is 14.0. The average molecular weight is 390 g/mol. The Morgan fingerprint density at radius 1 is 1.11 bits per heavy atom. The van der Waals surface area contributed by atoms with Crippen molar-refractivity contribution in [2.24, 2.45) is 0 Å². The molecule has 0 aliphatic carbocycles. The number of methoxy groups -OCH3 is 1. The highest BCUT2D eigenvalue weighted by molar-refractivity contribution is 9.10. The van der Waals surface area contributed by atoms with Crippen LogP contribution in [-0.4, -0.2) is 12.2 Å². The van der Waals surface area contributed by atoms with Crippen LogP contribution in [0.1, 0.15) is 17.2 Å². The molecule has 0 saturated carbocycles. The van der Waals surface area contributed by atoms with E-state index in [0.29, 0.717) is 21.3 Å². The van der Waals surface area contributed by atoms with Crippen LogP contribution in [0.2, 0.25) is 0 Å². The van der Waals surface area contributed by atoms with Crippen molar-refractivity contribution >= 4 is 31.9 Å². The minimum absolute atomic E-state index is 0.393. The van der Waals surface area contributed by atoms with Gasteiger partial charge < -0.3 is 9.84 Å². The summed E-state index contributed by atoms with van der Waals surface area (Å²) in [6.07, 6.45) is -0.894. The van der Waals surface area contributed by atoms with Gasteiger partial charge in [0.2, 0.25) is 0 Å². The van der Waals surface area contributed by atoms with Gasteiger partial charge in [-0.2, -0.15) is 0 Å². The molecule has 0 radical (unpaired) electrons. The molecule has 2 nitrogen and oxygen atoms in total. The first-order valence-electron chi connectivity index (χ1n) is 5.48. The van der Waals surface area contributed by atoms with Gasteiger partial charge in [-0.3, -0.25) is 0 Å². The Kier molecular flexibility index (Phi) is 4.60. The summed E-state index contributed by atoms with van der Waals surface area (Å²) in [7, 11) is 1.57. The number of hydrogen-bond acceptors (Lipinski definition) is 2. The van der Waals surface area contributed by atoms with E-state index in [1.165, 1.54) is 12.1 Å². The van der Waals surface area contributed by atoms with E-state index in [-0.39, 0.29) is 0 Å². The standard InChI is InChI=1S/C14H11Br2FO2/c1-19-13-3-2-8(6-12(13)16)14(18)9-4-10(15)7-11(17)5-9/h2-7,14,18H,1H3. The van der Waals surface area contributed by atoms with Crippen LogP contribution in [0, 0.1) is 5.82 Å². The van der Waals surface area contributed by atoms with Gasteiger partial charge in [-0.05, 0) is 57.4 Å². The predicted octanol–water partition coefficient (Wildman–Crippen LogP) is 4.44. The van der Waals surface area contributed by atoms with E-state index in [0.717, 1.165) is 4.47 Å². The molecule has 19 heavy (non-hydrogen) atoms. The molecule has 0 aliphatic rings. The third-order valence-electron chi connectivity index (χ3n) is 2.69. The topological polar surface area (TPSA) is 29.5 Å². The molecule has 5 heteroatoms. The molecule has 2 aromatic rings. The molecule has 0 amide bonds. The molecule has 100 valence electrons. The van der Waals surface area contributed by atoms with Crippen LogP contribution in [0.15, 0.2) is 45.3 Å². The molecule has 2 aromatic carbocycles. The van der Waals surface area contributed by atoms with Gasteiger partial charge >= 0.3 is 0 Å². The zero-order valence-electron chi connectivity index (χ0n) is 10.0. The highest BCUT2D eigenvalue weighted by Gasteiger charge is 2.14. The van der Waals surface area contributed by atoms with Gasteiger partial charge in [0.15, 0.2) is 0 Å². The molecule has 0 aromatic heterocycles. The Labute approximate surface area is 127 Å². The van der Waals surface area contributed by atoms with Crippen molar-refractivity contribution in [3.05, 3.63) is 62.3 Å². The Morgan fingerprint density at radius 2 is 1.84 bits per heavy atom. The maximum absolute atomic E-state index is 13.3. The Hall–Kier alpha value is -0.910. The monoisotopic (exact) mass is 388 g/mol. The van der Waals surface area contributed by atoms with Gasteiger partial charge in [0.25, 0.3) is 0 Å². The lowest BCUT2D eigenvalue weighted by molar-refractivity contribution is 0.219. The minimum atomic E-state index is -0.894. The van der Waals surface area contributed by atoms with Crippen LogP contribution in [0.4, 0.5) is 4.39 Å².